The van der Waals surface area contributed by atoms with Crippen LogP contribution < -0.4 is 10.6 Å². The summed E-state index contributed by atoms with van der Waals surface area (Å²) in [5.41, 5.74) is 5.79. The Balaban J connectivity index is 1.31. The van der Waals surface area contributed by atoms with E-state index >= 15 is 0 Å². The minimum atomic E-state index is -1.16. The lowest BCUT2D eigenvalue weighted by atomic mass is 9.98. The summed E-state index contributed by atoms with van der Waals surface area (Å²) in [6, 6.07) is 21.8. The SMILES string of the molecule is COCC(NC(=O)Cc1ccc(NC(=O)OCC2c3ccccc3-c3ccccc32)cc1)C(=O)O. The van der Waals surface area contributed by atoms with E-state index in [0.29, 0.717) is 11.3 Å². The molecule has 0 heterocycles. The van der Waals surface area contributed by atoms with Gasteiger partial charge in [0.25, 0.3) is 0 Å². The van der Waals surface area contributed by atoms with E-state index in [4.69, 9.17) is 14.6 Å². The summed E-state index contributed by atoms with van der Waals surface area (Å²) in [6.45, 7) is 0.0917. The van der Waals surface area contributed by atoms with Crippen molar-refractivity contribution in [1.29, 1.82) is 0 Å². The normalized spacial score (nSPS) is 12.8. The topological polar surface area (TPSA) is 114 Å². The third-order valence-corrected chi connectivity index (χ3v) is 5.88. The van der Waals surface area contributed by atoms with Crippen molar-refractivity contribution in [2.75, 3.05) is 25.6 Å². The molecule has 1 aliphatic carbocycles. The zero-order valence-electron chi connectivity index (χ0n) is 19.2. The van der Waals surface area contributed by atoms with Gasteiger partial charge in [0.2, 0.25) is 5.91 Å². The number of hydrogen-bond acceptors (Lipinski definition) is 5. The minimum absolute atomic E-state index is 0.00127. The van der Waals surface area contributed by atoms with E-state index in [1.807, 2.05) is 24.3 Å². The highest BCUT2D eigenvalue weighted by Crippen LogP contribution is 2.44. The van der Waals surface area contributed by atoms with E-state index < -0.39 is 24.0 Å². The van der Waals surface area contributed by atoms with Gasteiger partial charge in [0.05, 0.1) is 13.0 Å². The van der Waals surface area contributed by atoms with E-state index in [9.17, 15) is 14.4 Å². The van der Waals surface area contributed by atoms with Crippen molar-refractivity contribution in [3.05, 3.63) is 89.5 Å². The van der Waals surface area contributed by atoms with E-state index in [1.165, 1.54) is 7.11 Å². The molecule has 0 saturated heterocycles. The quantitative estimate of drug-likeness (QED) is 0.435. The number of rotatable bonds is 9. The molecule has 35 heavy (non-hydrogen) atoms. The molecule has 4 rings (SSSR count). The number of anilines is 1. The van der Waals surface area contributed by atoms with Crippen LogP contribution in [0.1, 0.15) is 22.6 Å². The van der Waals surface area contributed by atoms with Crippen LogP contribution in [0.2, 0.25) is 0 Å². The zero-order valence-corrected chi connectivity index (χ0v) is 19.2. The number of aliphatic carboxylic acids is 1. The van der Waals surface area contributed by atoms with Crippen LogP contribution in [-0.2, 0) is 25.5 Å². The zero-order chi connectivity index (χ0) is 24.8. The lowest BCUT2D eigenvalue weighted by Crippen LogP contribution is -2.44. The van der Waals surface area contributed by atoms with Gasteiger partial charge in [-0.3, -0.25) is 10.1 Å². The van der Waals surface area contributed by atoms with Gasteiger partial charge in [-0.2, -0.15) is 0 Å². The maximum atomic E-state index is 12.4. The number of carbonyl (C=O) groups excluding carboxylic acids is 2. The van der Waals surface area contributed by atoms with Crippen molar-refractivity contribution >= 4 is 23.7 Å². The Morgan fingerprint density at radius 1 is 0.914 bits per heavy atom. The Morgan fingerprint density at radius 3 is 2.09 bits per heavy atom. The molecule has 0 spiro atoms. The second kappa shape index (κ2) is 10.8. The van der Waals surface area contributed by atoms with Crippen molar-refractivity contribution in [2.24, 2.45) is 0 Å². The van der Waals surface area contributed by atoms with Gasteiger partial charge in [-0.05, 0) is 39.9 Å². The molecule has 1 atom stereocenters. The first-order valence-electron chi connectivity index (χ1n) is 11.2. The van der Waals surface area contributed by atoms with Crippen molar-refractivity contribution in [2.45, 2.75) is 18.4 Å². The van der Waals surface area contributed by atoms with Crippen LogP contribution in [0.25, 0.3) is 11.1 Å². The van der Waals surface area contributed by atoms with Gasteiger partial charge in [-0.15, -0.1) is 0 Å². The molecule has 1 aliphatic rings. The summed E-state index contributed by atoms with van der Waals surface area (Å²) in [5.74, 6) is -1.63. The van der Waals surface area contributed by atoms with Crippen LogP contribution in [0.5, 0.6) is 0 Å². The van der Waals surface area contributed by atoms with Gasteiger partial charge in [0.15, 0.2) is 6.04 Å². The maximum Gasteiger partial charge on any atom is 0.411 e. The van der Waals surface area contributed by atoms with Gasteiger partial charge in [-0.1, -0.05) is 60.7 Å². The first-order valence-corrected chi connectivity index (χ1v) is 11.2. The van der Waals surface area contributed by atoms with E-state index in [0.717, 1.165) is 22.3 Å². The molecule has 3 aromatic rings. The van der Waals surface area contributed by atoms with Crippen molar-refractivity contribution in [3.8, 4) is 11.1 Å². The van der Waals surface area contributed by atoms with Crippen molar-refractivity contribution < 1.29 is 29.0 Å². The fourth-order valence-electron chi connectivity index (χ4n) is 4.23. The molecule has 0 radical (unpaired) electrons. The van der Waals surface area contributed by atoms with E-state index in [-0.39, 0.29) is 25.6 Å². The first kappa shape index (κ1) is 24.0. The average Bonchev–Trinajstić information content (AvgIpc) is 3.17. The summed E-state index contributed by atoms with van der Waals surface area (Å²) < 4.78 is 10.4. The summed E-state index contributed by atoms with van der Waals surface area (Å²) >= 11 is 0. The molecule has 8 nitrogen and oxygen atoms in total. The second-order valence-corrected chi connectivity index (χ2v) is 8.24. The van der Waals surface area contributed by atoms with Crippen LogP contribution in [0, 0.1) is 0 Å². The monoisotopic (exact) mass is 474 g/mol. The number of carbonyl (C=O) groups is 3. The average molecular weight is 475 g/mol. The number of ether oxygens (including phenoxy) is 2. The number of hydrogen-bond donors (Lipinski definition) is 3. The van der Waals surface area contributed by atoms with Crippen LogP contribution in [0.3, 0.4) is 0 Å². The number of nitrogens with one attached hydrogen (secondary N) is 2. The molecule has 1 unspecified atom stereocenters. The second-order valence-electron chi connectivity index (χ2n) is 8.24. The molecule has 0 aliphatic heterocycles. The Labute approximate surface area is 202 Å². The maximum absolute atomic E-state index is 12.4. The van der Waals surface area contributed by atoms with Crippen LogP contribution in [-0.4, -0.2) is 49.4 Å². The number of benzene rings is 3. The standard InChI is InChI=1S/C27H26N2O6/c1-34-16-24(26(31)32)29-25(30)14-17-10-12-18(13-11-17)28-27(33)35-15-23-21-8-4-2-6-19(21)20-7-3-5-9-22(20)23/h2-13,23-24H,14-16H2,1H3,(H,28,33)(H,29,30)(H,31,32). The third-order valence-electron chi connectivity index (χ3n) is 5.88. The molecule has 3 aromatic carbocycles. The predicted molar refractivity (Wildman–Crippen MR) is 130 cm³/mol. The van der Waals surface area contributed by atoms with Gasteiger partial charge in [-0.25, -0.2) is 9.59 Å². The largest absolute Gasteiger partial charge is 0.480 e. The summed E-state index contributed by atoms with van der Waals surface area (Å²) in [5, 5.41) is 14.2. The smallest absolute Gasteiger partial charge is 0.411 e. The molecular formula is C27H26N2O6. The van der Waals surface area contributed by atoms with Crippen LogP contribution in [0.15, 0.2) is 72.8 Å². The summed E-state index contributed by atoms with van der Waals surface area (Å²) in [6.07, 6.45) is -0.570. The Kier molecular flexibility index (Phi) is 7.42. The molecule has 0 aromatic heterocycles. The predicted octanol–water partition coefficient (Wildman–Crippen LogP) is 3.81. The van der Waals surface area contributed by atoms with Gasteiger partial charge < -0.3 is 19.9 Å². The highest BCUT2D eigenvalue weighted by molar-refractivity contribution is 5.86. The molecule has 8 heteroatoms. The van der Waals surface area contributed by atoms with Crippen molar-refractivity contribution in [1.82, 2.24) is 5.32 Å². The van der Waals surface area contributed by atoms with Gasteiger partial charge >= 0.3 is 12.1 Å². The Hall–Kier alpha value is -4.17. The fourth-order valence-corrected chi connectivity index (χ4v) is 4.23. The number of amides is 2. The van der Waals surface area contributed by atoms with E-state index in [1.54, 1.807) is 24.3 Å². The highest BCUT2D eigenvalue weighted by atomic mass is 16.5. The molecular weight excluding hydrogens is 448 g/mol. The number of methoxy groups -OCH3 is 1. The van der Waals surface area contributed by atoms with E-state index in [2.05, 4.69) is 34.9 Å². The molecule has 0 fully saturated rings. The molecule has 180 valence electrons. The summed E-state index contributed by atoms with van der Waals surface area (Å²) in [4.78, 5) is 35.7. The lowest BCUT2D eigenvalue weighted by molar-refractivity contribution is -0.143. The Morgan fingerprint density at radius 2 is 1.51 bits per heavy atom. The third kappa shape index (κ3) is 5.67. The first-order chi connectivity index (χ1) is 17.0. The molecule has 0 saturated carbocycles. The fraction of sp³-hybridized carbons (Fsp3) is 0.222. The Bertz CT molecular complexity index is 1180. The van der Waals surface area contributed by atoms with Crippen LogP contribution >= 0.6 is 0 Å². The number of carboxylic acids is 1. The minimum Gasteiger partial charge on any atom is -0.480 e. The summed E-state index contributed by atoms with van der Waals surface area (Å²) in [7, 11) is 1.37. The molecule has 2 amide bonds. The number of carboxylic acid groups (broad SMARTS) is 1. The van der Waals surface area contributed by atoms with Crippen LogP contribution in [0.4, 0.5) is 10.5 Å². The van der Waals surface area contributed by atoms with Gasteiger partial charge in [0, 0.05) is 18.7 Å². The number of fused-ring (bicyclic) bond motifs is 3. The molecule has 0 bridgehead atoms. The lowest BCUT2D eigenvalue weighted by Gasteiger charge is -2.15. The van der Waals surface area contributed by atoms with Gasteiger partial charge in [0.1, 0.15) is 6.61 Å². The van der Waals surface area contributed by atoms with Crippen molar-refractivity contribution in [3.63, 3.8) is 0 Å². The highest BCUT2D eigenvalue weighted by Gasteiger charge is 2.29. The molecule has 3 N–H and O–H groups in total.